The Balaban J connectivity index is 2.40. The van der Waals surface area contributed by atoms with Gasteiger partial charge in [0, 0.05) is 17.5 Å². The second kappa shape index (κ2) is 4.33. The summed E-state index contributed by atoms with van der Waals surface area (Å²) in [7, 11) is 0. The minimum absolute atomic E-state index is 0.211. The van der Waals surface area contributed by atoms with Gasteiger partial charge < -0.3 is 0 Å². The molecule has 0 N–H and O–H groups in total. The second-order valence-corrected chi connectivity index (χ2v) is 5.46. The Labute approximate surface area is 104 Å². The van der Waals surface area contributed by atoms with Gasteiger partial charge in [-0.1, -0.05) is 51.1 Å². The molecular weight excluding hydrogens is 206 g/mol. The highest BCUT2D eigenvalue weighted by atomic mass is 14.7. The Bertz CT molecular complexity index is 504. The van der Waals surface area contributed by atoms with Gasteiger partial charge in [-0.15, -0.1) is 0 Å². The first kappa shape index (κ1) is 11.8. The van der Waals surface area contributed by atoms with Crippen LogP contribution in [0.1, 0.15) is 32.0 Å². The molecule has 0 aliphatic carbocycles. The fourth-order valence-corrected chi connectivity index (χ4v) is 1.94. The molecule has 0 radical (unpaired) electrons. The van der Waals surface area contributed by atoms with E-state index in [-0.39, 0.29) is 5.41 Å². The van der Waals surface area contributed by atoms with E-state index in [9.17, 15) is 0 Å². The molecule has 2 aromatic rings. The molecule has 0 spiro atoms. The summed E-state index contributed by atoms with van der Waals surface area (Å²) in [6.45, 7) is 8.75. The van der Waals surface area contributed by atoms with Gasteiger partial charge in [0.2, 0.25) is 0 Å². The van der Waals surface area contributed by atoms with Crippen molar-refractivity contribution in [1.29, 1.82) is 0 Å². The standard InChI is InChI=1S/C16H19N/c1-12-15(6-5-11-17-12)13-7-9-14(10-8-13)16(2,3)4/h5-11H,1-4H3. The van der Waals surface area contributed by atoms with Crippen molar-refractivity contribution in [3.05, 3.63) is 53.9 Å². The minimum atomic E-state index is 0.211. The zero-order valence-corrected chi connectivity index (χ0v) is 11.0. The first-order valence-corrected chi connectivity index (χ1v) is 6.01. The molecule has 1 aromatic carbocycles. The summed E-state index contributed by atoms with van der Waals surface area (Å²) in [4.78, 5) is 4.33. The molecule has 1 aromatic heterocycles. The maximum absolute atomic E-state index is 4.33. The van der Waals surface area contributed by atoms with Crippen molar-refractivity contribution >= 4 is 0 Å². The van der Waals surface area contributed by atoms with Crippen LogP contribution in [0.4, 0.5) is 0 Å². The monoisotopic (exact) mass is 225 g/mol. The van der Waals surface area contributed by atoms with Gasteiger partial charge in [0.25, 0.3) is 0 Å². The van der Waals surface area contributed by atoms with E-state index in [0.717, 1.165) is 5.69 Å². The summed E-state index contributed by atoms with van der Waals surface area (Å²) >= 11 is 0. The van der Waals surface area contributed by atoms with Crippen LogP contribution in [0.2, 0.25) is 0 Å². The highest BCUT2D eigenvalue weighted by Crippen LogP contribution is 2.26. The Morgan fingerprint density at radius 2 is 1.59 bits per heavy atom. The van der Waals surface area contributed by atoms with Crippen LogP contribution in [0.25, 0.3) is 11.1 Å². The Morgan fingerprint density at radius 1 is 0.941 bits per heavy atom. The molecule has 2 rings (SSSR count). The van der Waals surface area contributed by atoms with Crippen molar-refractivity contribution in [2.24, 2.45) is 0 Å². The van der Waals surface area contributed by atoms with Crippen LogP contribution in [-0.4, -0.2) is 4.98 Å². The van der Waals surface area contributed by atoms with Gasteiger partial charge in [0.15, 0.2) is 0 Å². The van der Waals surface area contributed by atoms with E-state index in [4.69, 9.17) is 0 Å². The highest BCUT2D eigenvalue weighted by molar-refractivity contribution is 5.65. The Morgan fingerprint density at radius 3 is 2.12 bits per heavy atom. The van der Waals surface area contributed by atoms with Crippen LogP contribution in [0, 0.1) is 6.92 Å². The molecular formula is C16H19N. The summed E-state index contributed by atoms with van der Waals surface area (Å²) in [6.07, 6.45) is 1.84. The summed E-state index contributed by atoms with van der Waals surface area (Å²) in [5.74, 6) is 0. The Kier molecular flexibility index (Phi) is 3.01. The smallest absolute Gasteiger partial charge is 0.0450 e. The van der Waals surface area contributed by atoms with E-state index < -0.39 is 0 Å². The average Bonchev–Trinajstić information content (AvgIpc) is 2.29. The summed E-state index contributed by atoms with van der Waals surface area (Å²) < 4.78 is 0. The molecule has 88 valence electrons. The van der Waals surface area contributed by atoms with E-state index in [1.807, 2.05) is 19.2 Å². The highest BCUT2D eigenvalue weighted by Gasteiger charge is 2.13. The third kappa shape index (κ3) is 2.55. The van der Waals surface area contributed by atoms with Crippen LogP contribution in [-0.2, 0) is 5.41 Å². The molecule has 17 heavy (non-hydrogen) atoms. The van der Waals surface area contributed by atoms with Gasteiger partial charge >= 0.3 is 0 Å². The van der Waals surface area contributed by atoms with Crippen LogP contribution < -0.4 is 0 Å². The molecule has 0 amide bonds. The number of hydrogen-bond acceptors (Lipinski definition) is 1. The normalized spacial score (nSPS) is 11.5. The molecule has 1 heterocycles. The van der Waals surface area contributed by atoms with Gasteiger partial charge in [-0.3, -0.25) is 4.98 Å². The zero-order chi connectivity index (χ0) is 12.5. The number of nitrogens with zero attached hydrogens (tertiary/aromatic N) is 1. The lowest BCUT2D eigenvalue weighted by Crippen LogP contribution is -2.10. The SMILES string of the molecule is Cc1ncccc1-c1ccc(C(C)(C)C)cc1. The lowest BCUT2D eigenvalue weighted by atomic mass is 9.86. The first-order chi connectivity index (χ1) is 7.98. The van der Waals surface area contributed by atoms with E-state index in [1.165, 1.54) is 16.7 Å². The molecule has 0 atom stereocenters. The number of aryl methyl sites for hydroxylation is 1. The van der Waals surface area contributed by atoms with E-state index in [2.05, 4.69) is 56.1 Å². The lowest BCUT2D eigenvalue weighted by Gasteiger charge is -2.19. The molecule has 1 nitrogen and oxygen atoms in total. The second-order valence-electron chi connectivity index (χ2n) is 5.46. The van der Waals surface area contributed by atoms with Crippen molar-refractivity contribution in [3.63, 3.8) is 0 Å². The maximum Gasteiger partial charge on any atom is 0.0450 e. The van der Waals surface area contributed by atoms with Crippen molar-refractivity contribution in [1.82, 2.24) is 4.98 Å². The lowest BCUT2D eigenvalue weighted by molar-refractivity contribution is 0.590. The van der Waals surface area contributed by atoms with Gasteiger partial charge in [-0.05, 0) is 29.5 Å². The maximum atomic E-state index is 4.33. The largest absolute Gasteiger partial charge is 0.261 e. The molecule has 1 heteroatoms. The fourth-order valence-electron chi connectivity index (χ4n) is 1.94. The predicted molar refractivity (Wildman–Crippen MR) is 73.1 cm³/mol. The van der Waals surface area contributed by atoms with E-state index in [1.54, 1.807) is 0 Å². The molecule has 0 saturated carbocycles. The summed E-state index contributed by atoms with van der Waals surface area (Å²) in [5.41, 5.74) is 5.11. The van der Waals surface area contributed by atoms with Gasteiger partial charge in [0.1, 0.15) is 0 Å². The van der Waals surface area contributed by atoms with Crippen LogP contribution in [0.3, 0.4) is 0 Å². The van der Waals surface area contributed by atoms with Crippen LogP contribution >= 0.6 is 0 Å². The molecule has 0 fully saturated rings. The first-order valence-electron chi connectivity index (χ1n) is 6.01. The van der Waals surface area contributed by atoms with Crippen molar-refractivity contribution in [3.8, 4) is 11.1 Å². The number of aromatic nitrogens is 1. The molecule has 0 aliphatic heterocycles. The molecule has 0 saturated heterocycles. The topological polar surface area (TPSA) is 12.9 Å². The van der Waals surface area contributed by atoms with Gasteiger partial charge in [-0.2, -0.15) is 0 Å². The number of benzene rings is 1. The van der Waals surface area contributed by atoms with E-state index >= 15 is 0 Å². The fraction of sp³-hybridized carbons (Fsp3) is 0.312. The van der Waals surface area contributed by atoms with Crippen LogP contribution in [0.5, 0.6) is 0 Å². The number of pyridine rings is 1. The van der Waals surface area contributed by atoms with E-state index in [0.29, 0.717) is 0 Å². The average molecular weight is 225 g/mol. The van der Waals surface area contributed by atoms with Crippen molar-refractivity contribution < 1.29 is 0 Å². The van der Waals surface area contributed by atoms with Gasteiger partial charge in [0.05, 0.1) is 0 Å². The van der Waals surface area contributed by atoms with Gasteiger partial charge in [-0.25, -0.2) is 0 Å². The third-order valence-electron chi connectivity index (χ3n) is 3.07. The quantitative estimate of drug-likeness (QED) is 0.703. The van der Waals surface area contributed by atoms with Crippen molar-refractivity contribution in [2.45, 2.75) is 33.1 Å². The zero-order valence-electron chi connectivity index (χ0n) is 11.0. The van der Waals surface area contributed by atoms with Crippen LogP contribution in [0.15, 0.2) is 42.6 Å². The minimum Gasteiger partial charge on any atom is -0.261 e. The van der Waals surface area contributed by atoms with Crippen molar-refractivity contribution in [2.75, 3.05) is 0 Å². The molecule has 0 bridgehead atoms. The molecule has 0 aliphatic rings. The Hall–Kier alpha value is -1.63. The molecule has 0 unspecified atom stereocenters. The third-order valence-corrected chi connectivity index (χ3v) is 3.07. The predicted octanol–water partition coefficient (Wildman–Crippen LogP) is 4.35. The number of hydrogen-bond donors (Lipinski definition) is 0. The number of rotatable bonds is 1. The summed E-state index contributed by atoms with van der Waals surface area (Å²) in [5, 5.41) is 0. The summed E-state index contributed by atoms with van der Waals surface area (Å²) in [6, 6.07) is 12.9.